The van der Waals surface area contributed by atoms with Gasteiger partial charge in [-0.25, -0.2) is 9.46 Å². The van der Waals surface area contributed by atoms with Gasteiger partial charge in [0.1, 0.15) is 35.4 Å². The van der Waals surface area contributed by atoms with E-state index in [0.29, 0.717) is 11.5 Å². The van der Waals surface area contributed by atoms with Gasteiger partial charge in [-0.05, 0) is 74.9 Å². The maximum Gasteiger partial charge on any atom is 0.330 e. The fourth-order valence-corrected chi connectivity index (χ4v) is 8.89. The fourth-order valence-electron chi connectivity index (χ4n) is 6.82. The molecule has 0 radical (unpaired) electrons. The maximum atomic E-state index is 13.3. The Labute approximate surface area is 333 Å². The molecule has 56 heavy (non-hydrogen) atoms. The van der Waals surface area contributed by atoms with Crippen molar-refractivity contribution in [3.8, 4) is 17.6 Å². The Morgan fingerprint density at radius 3 is 2.00 bits per heavy atom. The lowest BCUT2D eigenvalue weighted by Crippen LogP contribution is -2.43. The van der Waals surface area contributed by atoms with E-state index in [9.17, 15) is 14.9 Å². The number of nitrogens with one attached hydrogen (secondary N) is 1. The SMILES string of the molecule is COc1ccc(C(OC[C@H]2O[C@@H](n3ccc(=O)[nH]c3=O)[C@H](OCSC)[C@@H]2OP(OCCC#N)N(C(C)C)C(C)C)(c2ccccc2)c2ccc(OC)cc2)cc1. The number of benzene rings is 3. The highest BCUT2D eigenvalue weighted by molar-refractivity contribution is 7.98. The highest BCUT2D eigenvalue weighted by Crippen LogP contribution is 2.51. The number of methoxy groups -OCH3 is 2. The van der Waals surface area contributed by atoms with Crippen LogP contribution in [0, 0.1) is 11.3 Å². The Bertz CT molecular complexity index is 1920. The second-order valence-electron chi connectivity index (χ2n) is 13.6. The number of nitriles is 1. The summed E-state index contributed by atoms with van der Waals surface area (Å²) in [6.45, 7) is 8.33. The van der Waals surface area contributed by atoms with Gasteiger partial charge in [-0.15, -0.1) is 11.8 Å². The lowest BCUT2D eigenvalue weighted by atomic mass is 9.80. The lowest BCUT2D eigenvalue weighted by Gasteiger charge is -2.39. The highest BCUT2D eigenvalue weighted by atomic mass is 32.2. The predicted octanol–water partition coefficient (Wildman–Crippen LogP) is 6.83. The number of aromatic nitrogens is 2. The van der Waals surface area contributed by atoms with Crippen LogP contribution in [0.2, 0.25) is 0 Å². The summed E-state index contributed by atoms with van der Waals surface area (Å²) < 4.78 is 48.4. The molecule has 3 aromatic carbocycles. The smallest absolute Gasteiger partial charge is 0.330 e. The van der Waals surface area contributed by atoms with E-state index < -0.39 is 49.9 Å². The van der Waals surface area contributed by atoms with Crippen molar-refractivity contribution in [3.63, 3.8) is 0 Å². The largest absolute Gasteiger partial charge is 0.497 e. The monoisotopic (exact) mass is 806 g/mol. The third kappa shape index (κ3) is 9.91. The number of rotatable bonds is 20. The standard InChI is InChI=1S/C41H51N4O9PS/c1-28(2)45(29(3)4)55(52-25-11-23-42)54-37-35(53-39(38(37)50-27-56-7)44-24-22-36(46)43-40(44)47)26-51-41(30-12-9-8-10-13-30,31-14-18-33(48-5)19-15-31)32-16-20-34(49-6)21-17-32/h8-10,12-22,24,28-29,35,37-39H,11,25-27H2,1-7H3,(H,43,46,47)/t35-,37-,38-,39-,55?/m1/s1. The topological polar surface area (TPSA) is 147 Å². The minimum Gasteiger partial charge on any atom is -0.497 e. The minimum absolute atomic E-state index is 0.0132. The molecule has 2 heterocycles. The molecular formula is C41H51N4O9PS. The molecule has 0 amide bonds. The second-order valence-corrected chi connectivity index (χ2v) is 15.8. The van der Waals surface area contributed by atoms with Crippen molar-refractivity contribution >= 4 is 20.3 Å². The molecule has 15 heteroatoms. The van der Waals surface area contributed by atoms with Crippen LogP contribution in [0.1, 0.15) is 57.0 Å². The molecule has 1 aromatic heterocycles. The van der Waals surface area contributed by atoms with Crippen molar-refractivity contribution in [3.05, 3.63) is 129 Å². The first-order chi connectivity index (χ1) is 27.1. The third-order valence-electron chi connectivity index (χ3n) is 9.30. The van der Waals surface area contributed by atoms with Gasteiger partial charge in [-0.1, -0.05) is 54.6 Å². The number of thioether (sulfide) groups is 1. The molecule has 0 saturated carbocycles. The summed E-state index contributed by atoms with van der Waals surface area (Å²) >= 11 is 1.46. The first kappa shape index (κ1) is 43.1. The van der Waals surface area contributed by atoms with Crippen molar-refractivity contribution < 1.29 is 32.7 Å². The van der Waals surface area contributed by atoms with E-state index in [1.165, 1.54) is 28.6 Å². The number of hydrogen-bond acceptors (Lipinski definition) is 12. The van der Waals surface area contributed by atoms with Crippen LogP contribution in [-0.4, -0.2) is 84.2 Å². The Morgan fingerprint density at radius 1 is 0.893 bits per heavy atom. The van der Waals surface area contributed by atoms with Gasteiger partial charge in [-0.2, -0.15) is 5.26 Å². The average Bonchev–Trinajstić information content (AvgIpc) is 3.53. The van der Waals surface area contributed by atoms with Crippen molar-refractivity contribution in [2.45, 2.75) is 76.3 Å². The van der Waals surface area contributed by atoms with Crippen LogP contribution in [-0.2, 0) is 28.9 Å². The zero-order valence-electron chi connectivity index (χ0n) is 32.8. The summed E-state index contributed by atoms with van der Waals surface area (Å²) in [6, 6.07) is 28.8. The summed E-state index contributed by atoms with van der Waals surface area (Å²) in [5.74, 6) is 1.63. The summed E-state index contributed by atoms with van der Waals surface area (Å²) in [5.41, 5.74) is 0.107. The third-order valence-corrected chi connectivity index (χ3v) is 11.8. The average molecular weight is 807 g/mol. The second kappa shape index (κ2) is 20.4. The van der Waals surface area contributed by atoms with Gasteiger partial charge >= 0.3 is 5.69 Å². The number of H-pyrrole nitrogens is 1. The minimum atomic E-state index is -1.79. The first-order valence-electron chi connectivity index (χ1n) is 18.4. The molecule has 5 atom stereocenters. The maximum absolute atomic E-state index is 13.3. The molecule has 13 nitrogen and oxygen atoms in total. The molecule has 0 aliphatic carbocycles. The van der Waals surface area contributed by atoms with Crippen LogP contribution in [0.5, 0.6) is 11.5 Å². The van der Waals surface area contributed by atoms with Crippen molar-refractivity contribution in [1.29, 1.82) is 5.26 Å². The summed E-state index contributed by atoms with van der Waals surface area (Å²) in [4.78, 5) is 27.8. The zero-order chi connectivity index (χ0) is 40.2. The molecule has 1 N–H and O–H groups in total. The van der Waals surface area contributed by atoms with Gasteiger partial charge in [-0.3, -0.25) is 14.3 Å². The van der Waals surface area contributed by atoms with Crippen molar-refractivity contribution in [1.82, 2.24) is 14.2 Å². The number of hydrogen-bond donors (Lipinski definition) is 1. The molecule has 5 rings (SSSR count). The van der Waals surface area contributed by atoms with Crippen LogP contribution in [0.3, 0.4) is 0 Å². The molecule has 4 aromatic rings. The normalized spacial score (nSPS) is 19.0. The number of aromatic amines is 1. The van der Waals surface area contributed by atoms with Crippen molar-refractivity contribution in [2.75, 3.05) is 39.6 Å². The van der Waals surface area contributed by atoms with Gasteiger partial charge in [0.2, 0.25) is 0 Å². The molecule has 1 saturated heterocycles. The van der Waals surface area contributed by atoms with Gasteiger partial charge in [0.25, 0.3) is 14.1 Å². The van der Waals surface area contributed by atoms with Crippen LogP contribution in [0.25, 0.3) is 0 Å². The van der Waals surface area contributed by atoms with E-state index in [1.807, 2.05) is 85.1 Å². The molecule has 0 spiro atoms. The van der Waals surface area contributed by atoms with Crippen LogP contribution in [0.4, 0.5) is 0 Å². The van der Waals surface area contributed by atoms with Gasteiger partial charge in [0, 0.05) is 24.3 Å². The Morgan fingerprint density at radius 2 is 1.48 bits per heavy atom. The van der Waals surface area contributed by atoms with Crippen LogP contribution in [0.15, 0.2) is 101 Å². The molecule has 0 bridgehead atoms. The molecule has 300 valence electrons. The predicted molar refractivity (Wildman–Crippen MR) is 217 cm³/mol. The van der Waals surface area contributed by atoms with E-state index in [0.717, 1.165) is 16.7 Å². The molecule has 1 unspecified atom stereocenters. The summed E-state index contributed by atoms with van der Waals surface area (Å²) in [7, 11) is 1.45. The Kier molecular flexibility index (Phi) is 15.7. The summed E-state index contributed by atoms with van der Waals surface area (Å²) in [5, 5.41) is 9.39. The van der Waals surface area contributed by atoms with Crippen molar-refractivity contribution in [2.24, 2.45) is 0 Å². The first-order valence-corrected chi connectivity index (χ1v) is 20.9. The summed E-state index contributed by atoms with van der Waals surface area (Å²) in [6.07, 6.45) is -0.0756. The van der Waals surface area contributed by atoms with E-state index >= 15 is 0 Å². The molecule has 1 fully saturated rings. The van der Waals surface area contributed by atoms with E-state index in [2.05, 4.69) is 43.4 Å². The number of nitrogens with zero attached hydrogens (tertiary/aromatic N) is 3. The van der Waals surface area contributed by atoms with E-state index in [1.54, 1.807) is 14.2 Å². The quantitative estimate of drug-likeness (QED) is 0.0433. The van der Waals surface area contributed by atoms with Crippen LogP contribution >= 0.6 is 20.3 Å². The molecular weight excluding hydrogens is 756 g/mol. The van der Waals surface area contributed by atoms with Gasteiger partial charge in [0.05, 0.1) is 45.9 Å². The van der Waals surface area contributed by atoms with E-state index in [4.69, 9.17) is 32.7 Å². The zero-order valence-corrected chi connectivity index (χ0v) is 34.5. The molecule has 1 aliphatic heterocycles. The lowest BCUT2D eigenvalue weighted by molar-refractivity contribution is -0.0961. The van der Waals surface area contributed by atoms with E-state index in [-0.39, 0.29) is 37.7 Å². The number of ether oxygens (including phenoxy) is 5. The fraction of sp³-hybridized carbons (Fsp3) is 0.439. The van der Waals surface area contributed by atoms with Gasteiger partial charge < -0.3 is 32.7 Å². The van der Waals surface area contributed by atoms with Crippen LogP contribution < -0.4 is 20.7 Å². The highest BCUT2D eigenvalue weighted by Gasteiger charge is 2.51. The Balaban J connectivity index is 1.67. The Hall–Kier alpha value is -4.03. The van der Waals surface area contributed by atoms with Gasteiger partial charge in [0.15, 0.2) is 6.23 Å². The molecule has 1 aliphatic rings.